The second kappa shape index (κ2) is 7.56. The first-order valence-electron chi connectivity index (χ1n) is 7.71. The molecule has 2 rings (SSSR count). The monoisotopic (exact) mass is 321 g/mol. The van der Waals surface area contributed by atoms with Crippen LogP contribution in [0, 0.1) is 22.6 Å². The Kier molecular flexibility index (Phi) is 5.49. The van der Waals surface area contributed by atoms with Crippen molar-refractivity contribution in [1.82, 2.24) is 0 Å². The quantitative estimate of drug-likeness (QED) is 0.741. The molecule has 3 nitrogen and oxygen atoms in total. The average molecular weight is 321 g/mol. The maximum atomic E-state index is 13.1. The predicted molar refractivity (Wildman–Crippen MR) is 95.7 cm³/mol. The van der Waals surface area contributed by atoms with Crippen LogP contribution in [0.5, 0.6) is 0 Å². The number of rotatable bonds is 5. The molecule has 2 aromatic carbocycles. The van der Waals surface area contributed by atoms with E-state index in [-0.39, 0.29) is 11.7 Å². The van der Waals surface area contributed by atoms with Crippen molar-refractivity contribution in [3.63, 3.8) is 0 Å². The van der Waals surface area contributed by atoms with E-state index in [0.717, 1.165) is 22.5 Å². The Morgan fingerprint density at radius 1 is 1.08 bits per heavy atom. The van der Waals surface area contributed by atoms with Gasteiger partial charge in [0.05, 0.1) is 11.6 Å². The topological polar surface area (TPSA) is 59.7 Å². The molecule has 122 valence electrons. The number of hydrogen-bond acceptors (Lipinski definition) is 3. The Balaban J connectivity index is 2.32. The van der Waals surface area contributed by atoms with Crippen LogP contribution in [0.1, 0.15) is 37.8 Å². The second-order valence-corrected chi connectivity index (χ2v) is 5.75. The number of anilines is 1. The van der Waals surface area contributed by atoms with Gasteiger partial charge in [0.15, 0.2) is 0 Å². The van der Waals surface area contributed by atoms with Crippen LogP contribution in [0.25, 0.3) is 0 Å². The number of nitriles is 1. The molecule has 24 heavy (non-hydrogen) atoms. The lowest BCUT2D eigenvalue weighted by atomic mass is 9.89. The van der Waals surface area contributed by atoms with Gasteiger partial charge in [0, 0.05) is 23.0 Å². The standard InChI is InChI=1S/C20H20FN3/c1-13(17-6-8-18(21)9-7-17)20(14(2)23)15(3)24-19-10-4-16(12-22)5-11-19/h4-11,13,23-24H,1-3H3/b20-15-,23-14?. The first kappa shape index (κ1) is 17.4. The highest BCUT2D eigenvalue weighted by atomic mass is 19.1. The number of hydrogen-bond donors (Lipinski definition) is 2. The predicted octanol–water partition coefficient (Wildman–Crippen LogP) is 5.23. The number of benzene rings is 2. The van der Waals surface area contributed by atoms with Crippen LogP contribution in [0.3, 0.4) is 0 Å². The molecule has 2 aromatic rings. The van der Waals surface area contributed by atoms with E-state index in [9.17, 15) is 4.39 Å². The molecule has 2 N–H and O–H groups in total. The van der Waals surface area contributed by atoms with E-state index in [1.54, 1.807) is 31.2 Å². The lowest BCUT2D eigenvalue weighted by molar-refractivity contribution is 0.626. The van der Waals surface area contributed by atoms with E-state index in [0.29, 0.717) is 11.3 Å². The number of nitrogens with zero attached hydrogens (tertiary/aromatic N) is 1. The summed E-state index contributed by atoms with van der Waals surface area (Å²) < 4.78 is 13.1. The molecule has 0 spiro atoms. The summed E-state index contributed by atoms with van der Waals surface area (Å²) in [6.45, 7) is 5.68. The zero-order valence-corrected chi connectivity index (χ0v) is 14.0. The molecular formula is C20H20FN3. The number of nitrogens with one attached hydrogen (secondary N) is 2. The highest BCUT2D eigenvalue weighted by molar-refractivity contribution is 5.98. The first-order valence-corrected chi connectivity index (χ1v) is 7.71. The lowest BCUT2D eigenvalue weighted by Crippen LogP contribution is -2.12. The van der Waals surface area contributed by atoms with Crippen LogP contribution in [0.4, 0.5) is 10.1 Å². The minimum atomic E-state index is -0.268. The summed E-state index contributed by atoms with van der Waals surface area (Å²) in [5.74, 6) is -0.301. The van der Waals surface area contributed by atoms with E-state index in [1.165, 1.54) is 12.1 Å². The minimum Gasteiger partial charge on any atom is -0.359 e. The van der Waals surface area contributed by atoms with E-state index < -0.39 is 0 Å². The van der Waals surface area contributed by atoms with Crippen molar-refractivity contribution in [2.75, 3.05) is 5.32 Å². The van der Waals surface area contributed by atoms with Crippen molar-refractivity contribution in [1.29, 1.82) is 10.7 Å². The summed E-state index contributed by atoms with van der Waals surface area (Å²) in [5, 5.41) is 20.3. The van der Waals surface area contributed by atoms with Crippen LogP contribution < -0.4 is 5.32 Å². The van der Waals surface area contributed by atoms with Crippen molar-refractivity contribution < 1.29 is 4.39 Å². The van der Waals surface area contributed by atoms with Gasteiger partial charge in [-0.3, -0.25) is 0 Å². The fourth-order valence-electron chi connectivity index (χ4n) is 2.76. The van der Waals surface area contributed by atoms with E-state index in [1.807, 2.05) is 26.0 Å². The smallest absolute Gasteiger partial charge is 0.123 e. The van der Waals surface area contributed by atoms with Gasteiger partial charge >= 0.3 is 0 Å². The van der Waals surface area contributed by atoms with Crippen LogP contribution in [-0.2, 0) is 0 Å². The highest BCUT2D eigenvalue weighted by Crippen LogP contribution is 2.28. The fraction of sp³-hybridized carbons (Fsp3) is 0.200. The molecule has 0 aliphatic rings. The zero-order valence-electron chi connectivity index (χ0n) is 14.0. The molecule has 0 saturated carbocycles. The van der Waals surface area contributed by atoms with E-state index >= 15 is 0 Å². The first-order chi connectivity index (χ1) is 11.4. The lowest BCUT2D eigenvalue weighted by Gasteiger charge is -2.20. The summed E-state index contributed by atoms with van der Waals surface area (Å²) in [4.78, 5) is 0. The SMILES string of the molecule is CC(=N)/C(=C(/C)Nc1ccc(C#N)cc1)C(C)c1ccc(F)cc1. The molecule has 0 aliphatic heterocycles. The van der Waals surface area contributed by atoms with Gasteiger partial charge in [-0.2, -0.15) is 5.26 Å². The molecule has 0 aliphatic carbocycles. The molecule has 1 atom stereocenters. The van der Waals surface area contributed by atoms with Gasteiger partial charge in [-0.05, 0) is 61.4 Å². The summed E-state index contributed by atoms with van der Waals surface area (Å²) in [5.41, 5.74) is 4.61. The molecule has 0 bridgehead atoms. The minimum absolute atomic E-state index is 0.0334. The Hall–Kier alpha value is -2.93. The van der Waals surface area contributed by atoms with Crippen molar-refractivity contribution >= 4 is 11.4 Å². The van der Waals surface area contributed by atoms with E-state index in [4.69, 9.17) is 10.7 Å². The van der Waals surface area contributed by atoms with Crippen LogP contribution in [-0.4, -0.2) is 5.71 Å². The summed E-state index contributed by atoms with van der Waals surface area (Å²) >= 11 is 0. The van der Waals surface area contributed by atoms with Gasteiger partial charge in [-0.1, -0.05) is 19.1 Å². The largest absolute Gasteiger partial charge is 0.359 e. The Bertz CT molecular complexity index is 796. The summed E-state index contributed by atoms with van der Waals surface area (Å²) in [6.07, 6.45) is 0. The molecule has 0 radical (unpaired) electrons. The fourth-order valence-corrected chi connectivity index (χ4v) is 2.76. The Labute approximate surface area is 142 Å². The van der Waals surface area contributed by atoms with Crippen LogP contribution in [0.2, 0.25) is 0 Å². The molecular weight excluding hydrogens is 301 g/mol. The molecule has 1 unspecified atom stereocenters. The molecule has 0 fully saturated rings. The average Bonchev–Trinajstić information content (AvgIpc) is 2.56. The molecule has 0 saturated heterocycles. The van der Waals surface area contributed by atoms with Crippen LogP contribution >= 0.6 is 0 Å². The van der Waals surface area contributed by atoms with Gasteiger partial charge in [0.25, 0.3) is 0 Å². The van der Waals surface area contributed by atoms with Gasteiger partial charge < -0.3 is 10.7 Å². The van der Waals surface area contributed by atoms with Crippen molar-refractivity contribution in [3.05, 3.63) is 76.7 Å². The van der Waals surface area contributed by atoms with Crippen molar-refractivity contribution in [3.8, 4) is 6.07 Å². The molecule has 0 aromatic heterocycles. The molecule has 0 heterocycles. The second-order valence-electron chi connectivity index (χ2n) is 5.75. The summed E-state index contributed by atoms with van der Waals surface area (Å²) in [7, 11) is 0. The third-order valence-electron chi connectivity index (χ3n) is 3.96. The molecule has 4 heteroatoms. The maximum absolute atomic E-state index is 13.1. The van der Waals surface area contributed by atoms with Crippen LogP contribution in [0.15, 0.2) is 59.8 Å². The zero-order chi connectivity index (χ0) is 17.7. The maximum Gasteiger partial charge on any atom is 0.123 e. The third-order valence-corrected chi connectivity index (χ3v) is 3.96. The normalized spacial score (nSPS) is 12.8. The van der Waals surface area contributed by atoms with Gasteiger partial charge in [0.1, 0.15) is 5.82 Å². The van der Waals surface area contributed by atoms with Gasteiger partial charge in [-0.15, -0.1) is 0 Å². The molecule has 0 amide bonds. The van der Waals surface area contributed by atoms with E-state index in [2.05, 4.69) is 11.4 Å². The van der Waals surface area contributed by atoms with Crippen molar-refractivity contribution in [2.45, 2.75) is 26.7 Å². The highest BCUT2D eigenvalue weighted by Gasteiger charge is 2.16. The van der Waals surface area contributed by atoms with Crippen molar-refractivity contribution in [2.24, 2.45) is 0 Å². The summed E-state index contributed by atoms with van der Waals surface area (Å²) in [6, 6.07) is 15.6. The Morgan fingerprint density at radius 3 is 2.17 bits per heavy atom. The number of halogens is 1. The van der Waals surface area contributed by atoms with Gasteiger partial charge in [-0.25, -0.2) is 4.39 Å². The number of allylic oxidation sites excluding steroid dienone is 2. The van der Waals surface area contributed by atoms with Gasteiger partial charge in [0.2, 0.25) is 0 Å². The Morgan fingerprint density at radius 2 is 1.67 bits per heavy atom. The third kappa shape index (κ3) is 4.08.